The van der Waals surface area contributed by atoms with Crippen molar-refractivity contribution >= 4 is 46.0 Å². The van der Waals surface area contributed by atoms with Gasteiger partial charge in [-0.05, 0) is 55.9 Å². The predicted octanol–water partition coefficient (Wildman–Crippen LogP) is 4.53. The van der Waals surface area contributed by atoms with Crippen LogP contribution in [0.2, 0.25) is 10.3 Å². The van der Waals surface area contributed by atoms with Gasteiger partial charge in [-0.2, -0.15) is 0 Å². The first-order chi connectivity index (χ1) is 15.0. The van der Waals surface area contributed by atoms with Crippen molar-refractivity contribution in [3.05, 3.63) is 58.9 Å². The van der Waals surface area contributed by atoms with Crippen molar-refractivity contribution in [3.63, 3.8) is 0 Å². The second-order valence-electron chi connectivity index (χ2n) is 7.85. The van der Waals surface area contributed by atoms with Gasteiger partial charge in [-0.25, -0.2) is 14.5 Å². The molecule has 4 aromatic rings. The van der Waals surface area contributed by atoms with Crippen LogP contribution in [0, 0.1) is 0 Å². The first kappa shape index (κ1) is 20.1. The van der Waals surface area contributed by atoms with Gasteiger partial charge in [0.1, 0.15) is 12.1 Å². The van der Waals surface area contributed by atoms with E-state index < -0.39 is 0 Å². The Morgan fingerprint density at radius 2 is 1.77 bits per heavy atom. The molecule has 1 aliphatic carbocycles. The van der Waals surface area contributed by atoms with Gasteiger partial charge in [0.15, 0.2) is 16.0 Å². The predicted molar refractivity (Wildman–Crippen MR) is 123 cm³/mol. The molecule has 3 heterocycles. The molecule has 0 saturated heterocycles. The van der Waals surface area contributed by atoms with Crippen molar-refractivity contribution < 1.29 is 0 Å². The molecule has 0 amide bonds. The van der Waals surface area contributed by atoms with Crippen molar-refractivity contribution in [3.8, 4) is 5.69 Å². The number of nitrogens with zero attached hydrogens (tertiary/aromatic N) is 5. The average molecular weight is 457 g/mol. The molecule has 1 saturated carbocycles. The lowest BCUT2D eigenvalue weighted by molar-refractivity contribution is 0.396. The molecule has 0 atom stereocenters. The van der Waals surface area contributed by atoms with Crippen LogP contribution in [0.4, 0.5) is 17.2 Å². The van der Waals surface area contributed by atoms with Crippen LogP contribution in [0.15, 0.2) is 43.0 Å². The first-order valence-electron chi connectivity index (χ1n) is 10.2. The normalized spacial score (nSPS) is 19.1. The van der Waals surface area contributed by atoms with Crippen molar-refractivity contribution in [1.29, 1.82) is 0 Å². The summed E-state index contributed by atoms with van der Waals surface area (Å²) in [5, 5.41) is 8.70. The maximum absolute atomic E-state index is 6.42. The second-order valence-corrected chi connectivity index (χ2v) is 8.57. The van der Waals surface area contributed by atoms with Gasteiger partial charge in [-0.15, -0.1) is 5.10 Å². The summed E-state index contributed by atoms with van der Waals surface area (Å²) in [5.41, 5.74) is 16.9. The van der Waals surface area contributed by atoms with Crippen molar-refractivity contribution in [2.75, 3.05) is 11.1 Å². The molecule has 0 aliphatic heterocycles. The molecular formula is C21H22Cl2N8. The van der Waals surface area contributed by atoms with Crippen molar-refractivity contribution in [2.45, 2.75) is 37.6 Å². The van der Waals surface area contributed by atoms with E-state index in [2.05, 4.69) is 20.4 Å². The lowest BCUT2D eigenvalue weighted by Crippen LogP contribution is -2.26. The Balaban J connectivity index is 1.51. The van der Waals surface area contributed by atoms with Gasteiger partial charge in [-0.3, -0.25) is 4.57 Å². The zero-order chi connectivity index (χ0) is 21.5. The van der Waals surface area contributed by atoms with Crippen LogP contribution < -0.4 is 16.8 Å². The van der Waals surface area contributed by atoms with Crippen LogP contribution in [0.5, 0.6) is 0 Å². The van der Waals surface area contributed by atoms with Gasteiger partial charge < -0.3 is 16.8 Å². The molecule has 0 bridgehead atoms. The lowest BCUT2D eigenvalue weighted by atomic mass is 9.81. The largest absolute Gasteiger partial charge is 0.382 e. The smallest absolute Gasteiger partial charge is 0.177 e. The Labute approximate surface area is 189 Å². The fourth-order valence-corrected chi connectivity index (χ4v) is 4.59. The number of nitrogens with one attached hydrogen (secondary N) is 1. The van der Waals surface area contributed by atoms with E-state index in [4.69, 9.17) is 34.7 Å². The molecule has 0 spiro atoms. The molecule has 0 radical (unpaired) electrons. The lowest BCUT2D eigenvalue weighted by Gasteiger charge is -2.28. The first-order valence-corrected chi connectivity index (χ1v) is 10.9. The highest BCUT2D eigenvalue weighted by Gasteiger charge is 2.27. The molecule has 3 aromatic heterocycles. The van der Waals surface area contributed by atoms with Gasteiger partial charge in [0.25, 0.3) is 0 Å². The average Bonchev–Trinajstić information content (AvgIpc) is 3.36. The van der Waals surface area contributed by atoms with Crippen LogP contribution in [0.3, 0.4) is 0 Å². The minimum Gasteiger partial charge on any atom is -0.382 e. The number of hydrogen-bond donors (Lipinski definition) is 3. The van der Waals surface area contributed by atoms with E-state index in [0.29, 0.717) is 16.9 Å². The number of fused-ring (bicyclic) bond motifs is 1. The fraction of sp³-hybridized carbons (Fsp3) is 0.286. The van der Waals surface area contributed by atoms with Crippen LogP contribution in [-0.4, -0.2) is 30.2 Å². The maximum atomic E-state index is 6.42. The summed E-state index contributed by atoms with van der Waals surface area (Å²) in [5.74, 6) is 0.813. The van der Waals surface area contributed by atoms with E-state index in [1.165, 1.54) is 0 Å². The number of nitrogens with two attached hydrogens (primary N) is 2. The molecule has 10 heteroatoms. The molecule has 1 aromatic carbocycles. The summed E-state index contributed by atoms with van der Waals surface area (Å²) in [4.78, 5) is 8.55. The van der Waals surface area contributed by atoms with E-state index in [1.54, 1.807) is 27.8 Å². The minimum atomic E-state index is 0.257. The minimum absolute atomic E-state index is 0.257. The number of rotatable bonds is 4. The molecular weight excluding hydrogens is 435 g/mol. The highest BCUT2D eigenvalue weighted by atomic mass is 35.5. The van der Waals surface area contributed by atoms with Gasteiger partial charge in [0.05, 0.1) is 5.69 Å². The van der Waals surface area contributed by atoms with E-state index >= 15 is 0 Å². The SMILES string of the molecule is Nc1nn2ccnc2c(Nc2ccc(-n3cnc(Cl)c3Cl)cc2)c1[C@H]1CC[C@H](N)CC1. The van der Waals surface area contributed by atoms with Crippen LogP contribution in [0.25, 0.3) is 11.3 Å². The summed E-state index contributed by atoms with van der Waals surface area (Å²) in [6.07, 6.45) is 9.04. The van der Waals surface area contributed by atoms with E-state index in [-0.39, 0.29) is 11.2 Å². The van der Waals surface area contributed by atoms with Crippen molar-refractivity contribution in [2.24, 2.45) is 5.73 Å². The molecule has 1 fully saturated rings. The van der Waals surface area contributed by atoms with Crippen LogP contribution in [-0.2, 0) is 0 Å². The van der Waals surface area contributed by atoms with E-state index in [1.807, 2.05) is 24.3 Å². The Morgan fingerprint density at radius 3 is 2.45 bits per heavy atom. The fourth-order valence-electron chi connectivity index (χ4n) is 4.26. The Hall–Kier alpha value is -2.81. The third kappa shape index (κ3) is 3.71. The Bertz CT molecular complexity index is 1220. The number of anilines is 3. The summed E-state index contributed by atoms with van der Waals surface area (Å²) in [6.45, 7) is 0. The highest BCUT2D eigenvalue weighted by Crippen LogP contribution is 2.41. The molecule has 31 heavy (non-hydrogen) atoms. The standard InChI is InChI=1S/C21H22Cl2N8/c22-18-19(23)30(11-27-18)15-7-5-14(6-8-15)28-17-16(12-1-3-13(24)4-2-12)20(25)29-31-10-9-26-21(17)31/h5-13,28H,1-4,24H2,(H2,25,29)/t12-,13-. The second kappa shape index (κ2) is 8.03. The zero-order valence-corrected chi connectivity index (χ0v) is 18.2. The number of imidazole rings is 2. The summed E-state index contributed by atoms with van der Waals surface area (Å²) < 4.78 is 3.43. The molecule has 5 rings (SSSR count). The molecule has 5 N–H and O–H groups in total. The molecule has 8 nitrogen and oxygen atoms in total. The number of hydrogen-bond acceptors (Lipinski definition) is 6. The third-order valence-corrected chi connectivity index (χ3v) is 6.60. The highest BCUT2D eigenvalue weighted by molar-refractivity contribution is 6.40. The number of aromatic nitrogens is 5. The quantitative estimate of drug-likeness (QED) is 0.415. The molecule has 160 valence electrons. The monoisotopic (exact) mass is 456 g/mol. The summed E-state index contributed by atoms with van der Waals surface area (Å²) in [7, 11) is 0. The van der Waals surface area contributed by atoms with Gasteiger partial charge in [-0.1, -0.05) is 23.2 Å². The topological polar surface area (TPSA) is 112 Å². The van der Waals surface area contributed by atoms with Crippen LogP contribution >= 0.6 is 23.2 Å². The van der Waals surface area contributed by atoms with Gasteiger partial charge in [0, 0.05) is 35.4 Å². The maximum Gasteiger partial charge on any atom is 0.177 e. The number of nitrogen functional groups attached to an aromatic ring is 1. The zero-order valence-electron chi connectivity index (χ0n) is 16.7. The Kier molecular flexibility index (Phi) is 5.21. The molecule has 1 aliphatic rings. The van der Waals surface area contributed by atoms with E-state index in [0.717, 1.165) is 54.0 Å². The summed E-state index contributed by atoms with van der Waals surface area (Å²) >= 11 is 12.2. The summed E-state index contributed by atoms with van der Waals surface area (Å²) in [6, 6.07) is 8.08. The van der Waals surface area contributed by atoms with Crippen molar-refractivity contribution in [1.82, 2.24) is 24.1 Å². The van der Waals surface area contributed by atoms with Gasteiger partial charge >= 0.3 is 0 Å². The third-order valence-electron chi connectivity index (χ3n) is 5.87. The number of halogens is 2. The number of benzene rings is 1. The Morgan fingerprint density at radius 1 is 1.03 bits per heavy atom. The van der Waals surface area contributed by atoms with E-state index in [9.17, 15) is 0 Å². The van der Waals surface area contributed by atoms with Crippen LogP contribution in [0.1, 0.15) is 37.2 Å². The molecule has 0 unspecified atom stereocenters. The van der Waals surface area contributed by atoms with Gasteiger partial charge in [0.2, 0.25) is 0 Å².